The molecule has 1 saturated heterocycles. The maximum Gasteiger partial charge on any atom is 0.228 e. The van der Waals surface area contributed by atoms with Crippen LogP contribution in [0.1, 0.15) is 57.7 Å². The van der Waals surface area contributed by atoms with Gasteiger partial charge in [0.2, 0.25) is 11.7 Å². The molecule has 2 rings (SSSR count). The number of nitrogens with two attached hydrogens (primary N) is 1. The van der Waals surface area contributed by atoms with Crippen LogP contribution in [0.3, 0.4) is 0 Å². The molecule has 18 heavy (non-hydrogen) atoms. The lowest BCUT2D eigenvalue weighted by Crippen LogP contribution is -2.31. The normalized spacial score (nSPS) is 26.2. The van der Waals surface area contributed by atoms with Gasteiger partial charge in [0.05, 0.1) is 0 Å². The molecule has 0 radical (unpaired) electrons. The molecule has 0 bridgehead atoms. The number of rotatable bonds is 5. The summed E-state index contributed by atoms with van der Waals surface area (Å²) in [5, 5.41) is 4.06. The van der Waals surface area contributed by atoms with Gasteiger partial charge in [-0.15, -0.1) is 0 Å². The van der Waals surface area contributed by atoms with Crippen molar-refractivity contribution < 1.29 is 9.26 Å². The lowest BCUT2D eigenvalue weighted by Gasteiger charge is -2.30. The summed E-state index contributed by atoms with van der Waals surface area (Å²) in [6.45, 7) is 4.93. The standard InChI is InChI=1S/C13H23N3O2/c1-3-6-10(14)9-11-15-12(16-18-11)13(2)7-4-5-8-17-13/h10H,3-9,14H2,1-2H3. The second-order valence-electron chi connectivity index (χ2n) is 5.30. The van der Waals surface area contributed by atoms with E-state index in [9.17, 15) is 0 Å². The average Bonchev–Trinajstić information content (AvgIpc) is 2.79. The zero-order chi connectivity index (χ0) is 13.0. The van der Waals surface area contributed by atoms with E-state index >= 15 is 0 Å². The molecular weight excluding hydrogens is 230 g/mol. The Bertz CT molecular complexity index is 372. The predicted octanol–water partition coefficient (Wildman–Crippen LogP) is 2.16. The average molecular weight is 253 g/mol. The molecule has 1 aliphatic heterocycles. The van der Waals surface area contributed by atoms with Crippen LogP contribution in [0.15, 0.2) is 4.52 Å². The monoisotopic (exact) mass is 253 g/mol. The summed E-state index contributed by atoms with van der Waals surface area (Å²) in [5.74, 6) is 1.29. The summed E-state index contributed by atoms with van der Waals surface area (Å²) in [4.78, 5) is 4.45. The zero-order valence-corrected chi connectivity index (χ0v) is 11.3. The molecule has 1 fully saturated rings. The molecule has 1 aliphatic rings. The summed E-state index contributed by atoms with van der Waals surface area (Å²) in [7, 11) is 0. The minimum atomic E-state index is -0.380. The van der Waals surface area contributed by atoms with Gasteiger partial charge in [0.25, 0.3) is 0 Å². The first-order valence-electron chi connectivity index (χ1n) is 6.86. The topological polar surface area (TPSA) is 74.2 Å². The van der Waals surface area contributed by atoms with E-state index < -0.39 is 0 Å². The molecule has 5 nitrogen and oxygen atoms in total. The van der Waals surface area contributed by atoms with Crippen molar-refractivity contribution in [3.05, 3.63) is 11.7 Å². The third-order valence-electron chi connectivity index (χ3n) is 3.51. The zero-order valence-electron chi connectivity index (χ0n) is 11.3. The SMILES string of the molecule is CCCC(N)Cc1nc(C2(C)CCCCO2)no1. The van der Waals surface area contributed by atoms with Gasteiger partial charge in [0, 0.05) is 19.1 Å². The molecular formula is C13H23N3O2. The number of ether oxygens (including phenoxy) is 1. The van der Waals surface area contributed by atoms with Crippen molar-refractivity contribution in [3.63, 3.8) is 0 Å². The molecule has 102 valence electrons. The highest BCUT2D eigenvalue weighted by molar-refractivity contribution is 5.01. The van der Waals surface area contributed by atoms with Crippen LogP contribution in [0.4, 0.5) is 0 Å². The summed E-state index contributed by atoms with van der Waals surface area (Å²) in [5.41, 5.74) is 5.60. The number of aromatic nitrogens is 2. The van der Waals surface area contributed by atoms with Gasteiger partial charge >= 0.3 is 0 Å². The second-order valence-corrected chi connectivity index (χ2v) is 5.30. The molecule has 1 aromatic rings. The van der Waals surface area contributed by atoms with Crippen LogP contribution < -0.4 is 5.73 Å². The fourth-order valence-corrected chi connectivity index (χ4v) is 2.36. The maximum atomic E-state index is 5.98. The molecule has 2 heterocycles. The molecule has 0 saturated carbocycles. The molecule has 5 heteroatoms. The smallest absolute Gasteiger partial charge is 0.228 e. The minimum Gasteiger partial charge on any atom is -0.367 e. The summed E-state index contributed by atoms with van der Waals surface area (Å²) >= 11 is 0. The van der Waals surface area contributed by atoms with Crippen molar-refractivity contribution in [2.45, 2.75) is 64.0 Å². The lowest BCUT2D eigenvalue weighted by atomic mass is 9.95. The summed E-state index contributed by atoms with van der Waals surface area (Å²) in [6.07, 6.45) is 5.91. The molecule has 2 atom stereocenters. The van der Waals surface area contributed by atoms with E-state index in [0.29, 0.717) is 18.1 Å². The van der Waals surface area contributed by atoms with E-state index in [1.165, 1.54) is 0 Å². The van der Waals surface area contributed by atoms with Crippen molar-refractivity contribution in [1.82, 2.24) is 10.1 Å². The quantitative estimate of drug-likeness (QED) is 0.870. The molecule has 0 spiro atoms. The van der Waals surface area contributed by atoms with E-state index in [0.717, 1.165) is 38.7 Å². The van der Waals surface area contributed by atoms with Crippen molar-refractivity contribution in [2.75, 3.05) is 6.61 Å². The third-order valence-corrected chi connectivity index (χ3v) is 3.51. The Balaban J connectivity index is 2.00. The van der Waals surface area contributed by atoms with Gasteiger partial charge in [-0.2, -0.15) is 4.98 Å². The van der Waals surface area contributed by atoms with E-state index in [1.807, 2.05) is 6.92 Å². The van der Waals surface area contributed by atoms with Crippen LogP contribution in [0.5, 0.6) is 0 Å². The Labute approximate surface area is 108 Å². The van der Waals surface area contributed by atoms with Crippen LogP contribution in [0, 0.1) is 0 Å². The summed E-state index contributed by atoms with van der Waals surface area (Å²) in [6, 6.07) is 0.100. The second kappa shape index (κ2) is 5.80. The molecule has 0 aromatic carbocycles. The molecule has 2 unspecified atom stereocenters. The molecule has 1 aromatic heterocycles. The lowest BCUT2D eigenvalue weighted by molar-refractivity contribution is -0.0770. The maximum absolute atomic E-state index is 5.98. The van der Waals surface area contributed by atoms with Gasteiger partial charge < -0.3 is 15.0 Å². The van der Waals surface area contributed by atoms with E-state index in [4.69, 9.17) is 15.0 Å². The van der Waals surface area contributed by atoms with Crippen LogP contribution in [-0.4, -0.2) is 22.8 Å². The van der Waals surface area contributed by atoms with Crippen LogP contribution >= 0.6 is 0 Å². The van der Waals surface area contributed by atoms with Gasteiger partial charge in [-0.25, -0.2) is 0 Å². The molecule has 2 N–H and O–H groups in total. The van der Waals surface area contributed by atoms with Crippen LogP contribution in [0.2, 0.25) is 0 Å². The third kappa shape index (κ3) is 3.09. The number of nitrogens with zero attached hydrogens (tertiary/aromatic N) is 2. The Morgan fingerprint density at radius 2 is 2.28 bits per heavy atom. The van der Waals surface area contributed by atoms with Gasteiger partial charge in [0.15, 0.2) is 0 Å². The van der Waals surface area contributed by atoms with Crippen molar-refractivity contribution >= 4 is 0 Å². The minimum absolute atomic E-state index is 0.100. The molecule has 0 aliphatic carbocycles. The van der Waals surface area contributed by atoms with Gasteiger partial charge in [-0.05, 0) is 32.6 Å². The Hall–Kier alpha value is -0.940. The van der Waals surface area contributed by atoms with E-state index in [-0.39, 0.29) is 11.6 Å². The highest BCUT2D eigenvalue weighted by atomic mass is 16.5. The number of hydrogen-bond donors (Lipinski definition) is 1. The van der Waals surface area contributed by atoms with Gasteiger partial charge in [0.1, 0.15) is 5.60 Å². The highest BCUT2D eigenvalue weighted by Gasteiger charge is 2.34. The first-order valence-corrected chi connectivity index (χ1v) is 6.86. The molecule has 0 amide bonds. The summed E-state index contributed by atoms with van der Waals surface area (Å²) < 4.78 is 11.1. The van der Waals surface area contributed by atoms with Gasteiger partial charge in [-0.3, -0.25) is 0 Å². The Morgan fingerprint density at radius 1 is 1.44 bits per heavy atom. The first-order chi connectivity index (χ1) is 8.64. The highest BCUT2D eigenvalue weighted by Crippen LogP contribution is 2.32. The van der Waals surface area contributed by atoms with Gasteiger partial charge in [-0.1, -0.05) is 18.5 Å². The van der Waals surface area contributed by atoms with Crippen molar-refractivity contribution in [2.24, 2.45) is 5.73 Å². The van der Waals surface area contributed by atoms with E-state index in [2.05, 4.69) is 17.1 Å². The van der Waals surface area contributed by atoms with Crippen LogP contribution in [-0.2, 0) is 16.8 Å². The fraction of sp³-hybridized carbons (Fsp3) is 0.846. The van der Waals surface area contributed by atoms with Crippen LogP contribution in [0.25, 0.3) is 0 Å². The fourth-order valence-electron chi connectivity index (χ4n) is 2.36. The Morgan fingerprint density at radius 3 is 2.94 bits per heavy atom. The largest absolute Gasteiger partial charge is 0.367 e. The predicted molar refractivity (Wildman–Crippen MR) is 68.0 cm³/mol. The Kier molecular flexibility index (Phi) is 4.35. The van der Waals surface area contributed by atoms with Crippen molar-refractivity contribution in [1.29, 1.82) is 0 Å². The number of hydrogen-bond acceptors (Lipinski definition) is 5. The first kappa shape index (κ1) is 13.5. The van der Waals surface area contributed by atoms with Crippen molar-refractivity contribution in [3.8, 4) is 0 Å². The van der Waals surface area contributed by atoms with E-state index in [1.54, 1.807) is 0 Å².